The molecule has 0 atom stereocenters. The van der Waals surface area contributed by atoms with Crippen molar-refractivity contribution in [2.75, 3.05) is 11.9 Å². The van der Waals surface area contributed by atoms with Gasteiger partial charge in [-0.2, -0.15) is 0 Å². The van der Waals surface area contributed by atoms with Gasteiger partial charge in [0.1, 0.15) is 0 Å². The van der Waals surface area contributed by atoms with Gasteiger partial charge in [-0.1, -0.05) is 57.6 Å². The Bertz CT molecular complexity index is 1020. The van der Waals surface area contributed by atoms with Gasteiger partial charge < -0.3 is 4.74 Å². The smallest absolute Gasteiger partial charge is 0.338 e. The molecule has 29 heavy (non-hydrogen) atoms. The fraction of sp³-hybridized carbons (Fsp3) is 0.348. The Morgan fingerprint density at radius 3 is 2.41 bits per heavy atom. The molecule has 0 aliphatic rings. The molecule has 1 N–H and O–H groups in total. The van der Waals surface area contributed by atoms with Gasteiger partial charge in [0.05, 0.1) is 22.4 Å². The number of hydrogen-bond acceptors (Lipinski definition) is 5. The van der Waals surface area contributed by atoms with Gasteiger partial charge in [0, 0.05) is 5.56 Å². The molecule has 3 rings (SSSR count). The molecule has 5 nitrogen and oxygen atoms in total. The lowest BCUT2D eigenvalue weighted by Crippen LogP contribution is -2.14. The zero-order chi connectivity index (χ0) is 21.0. The summed E-state index contributed by atoms with van der Waals surface area (Å²) in [6, 6.07) is 12.8. The minimum atomic E-state index is -0.335. The van der Waals surface area contributed by atoms with Crippen LogP contribution in [0.2, 0.25) is 0 Å². The molecule has 0 aliphatic heterocycles. The second kappa shape index (κ2) is 8.74. The van der Waals surface area contributed by atoms with Crippen LogP contribution in [0.4, 0.5) is 5.13 Å². The van der Waals surface area contributed by atoms with Crippen LogP contribution in [0.25, 0.3) is 10.2 Å². The van der Waals surface area contributed by atoms with Crippen molar-refractivity contribution >= 4 is 38.6 Å². The van der Waals surface area contributed by atoms with Crippen LogP contribution in [-0.2, 0) is 10.2 Å². The van der Waals surface area contributed by atoms with E-state index >= 15 is 0 Å². The van der Waals surface area contributed by atoms with Crippen molar-refractivity contribution in [2.45, 2.75) is 46.0 Å². The number of thiazole rings is 1. The number of rotatable bonds is 6. The Labute approximate surface area is 175 Å². The predicted molar refractivity (Wildman–Crippen MR) is 118 cm³/mol. The number of amides is 1. The molecule has 0 fully saturated rings. The van der Waals surface area contributed by atoms with Crippen LogP contribution in [0, 0.1) is 0 Å². The highest BCUT2D eigenvalue weighted by molar-refractivity contribution is 7.22. The van der Waals surface area contributed by atoms with E-state index in [1.54, 1.807) is 18.2 Å². The lowest BCUT2D eigenvalue weighted by Gasteiger charge is -2.18. The summed E-state index contributed by atoms with van der Waals surface area (Å²) in [6.07, 6.45) is 1.82. The molecule has 0 bridgehead atoms. The van der Waals surface area contributed by atoms with E-state index in [9.17, 15) is 9.59 Å². The third kappa shape index (κ3) is 5.21. The standard InChI is InChI=1S/C23H26N2O3S/c1-5-6-13-28-21(27)16-9-12-18-19(14-16)29-22(24-18)25-20(26)15-7-10-17(11-8-15)23(2,3)4/h7-12,14H,5-6,13H2,1-4H3,(H,24,25,26). The number of carbonyl (C=O) groups excluding carboxylic acids is 2. The summed E-state index contributed by atoms with van der Waals surface area (Å²) in [6.45, 7) is 8.88. The third-order valence-electron chi connectivity index (χ3n) is 4.59. The molecule has 0 saturated heterocycles. The molecular weight excluding hydrogens is 384 g/mol. The minimum absolute atomic E-state index is 0.0391. The molecule has 0 spiro atoms. The van der Waals surface area contributed by atoms with Crippen LogP contribution in [-0.4, -0.2) is 23.5 Å². The fourth-order valence-corrected chi connectivity index (χ4v) is 3.69. The maximum atomic E-state index is 12.6. The summed E-state index contributed by atoms with van der Waals surface area (Å²) in [4.78, 5) is 29.1. The number of hydrogen-bond donors (Lipinski definition) is 1. The number of fused-ring (bicyclic) bond motifs is 1. The Morgan fingerprint density at radius 1 is 1.07 bits per heavy atom. The van der Waals surface area contributed by atoms with Crippen molar-refractivity contribution in [1.29, 1.82) is 0 Å². The molecule has 0 aliphatic carbocycles. The first-order valence-electron chi connectivity index (χ1n) is 9.77. The normalized spacial score (nSPS) is 11.4. The summed E-state index contributed by atoms with van der Waals surface area (Å²) in [7, 11) is 0. The van der Waals surface area contributed by atoms with Gasteiger partial charge in [0.25, 0.3) is 5.91 Å². The van der Waals surface area contributed by atoms with E-state index in [4.69, 9.17) is 4.74 Å². The van der Waals surface area contributed by atoms with E-state index in [1.807, 2.05) is 31.2 Å². The number of nitrogens with one attached hydrogen (secondary N) is 1. The first kappa shape index (κ1) is 21.0. The molecule has 0 unspecified atom stereocenters. The average molecular weight is 411 g/mol. The van der Waals surface area contributed by atoms with Gasteiger partial charge in [-0.15, -0.1) is 0 Å². The number of ether oxygens (including phenoxy) is 1. The molecule has 1 aromatic heterocycles. The Hall–Kier alpha value is -2.73. The van der Waals surface area contributed by atoms with Crippen molar-refractivity contribution < 1.29 is 14.3 Å². The molecule has 3 aromatic rings. The maximum Gasteiger partial charge on any atom is 0.338 e. The quantitative estimate of drug-likeness (QED) is 0.412. The summed E-state index contributed by atoms with van der Waals surface area (Å²) >= 11 is 1.34. The summed E-state index contributed by atoms with van der Waals surface area (Å²) in [5.74, 6) is -0.540. The largest absolute Gasteiger partial charge is 0.462 e. The van der Waals surface area contributed by atoms with Crippen molar-refractivity contribution in [3.63, 3.8) is 0 Å². The van der Waals surface area contributed by atoms with E-state index in [0.29, 0.717) is 22.9 Å². The predicted octanol–water partition coefficient (Wildman–Crippen LogP) is 5.80. The van der Waals surface area contributed by atoms with E-state index < -0.39 is 0 Å². The molecule has 6 heteroatoms. The van der Waals surface area contributed by atoms with Gasteiger partial charge in [-0.05, 0) is 47.7 Å². The highest BCUT2D eigenvalue weighted by Gasteiger charge is 2.16. The van der Waals surface area contributed by atoms with Gasteiger partial charge in [0.15, 0.2) is 5.13 Å². The van der Waals surface area contributed by atoms with Crippen LogP contribution in [0.1, 0.15) is 66.8 Å². The van der Waals surface area contributed by atoms with E-state index in [-0.39, 0.29) is 17.3 Å². The first-order chi connectivity index (χ1) is 13.8. The molecular formula is C23H26N2O3S. The number of esters is 1. The summed E-state index contributed by atoms with van der Waals surface area (Å²) < 4.78 is 6.08. The number of aromatic nitrogens is 1. The number of unbranched alkanes of at least 4 members (excludes halogenated alkanes) is 1. The summed E-state index contributed by atoms with van der Waals surface area (Å²) in [5, 5.41) is 3.35. The van der Waals surface area contributed by atoms with E-state index in [1.165, 1.54) is 16.9 Å². The Balaban J connectivity index is 1.71. The maximum absolute atomic E-state index is 12.6. The van der Waals surface area contributed by atoms with E-state index in [2.05, 4.69) is 31.1 Å². The van der Waals surface area contributed by atoms with Crippen LogP contribution < -0.4 is 5.32 Å². The van der Waals surface area contributed by atoms with Crippen molar-refractivity contribution in [3.8, 4) is 0 Å². The van der Waals surface area contributed by atoms with Crippen LogP contribution >= 0.6 is 11.3 Å². The minimum Gasteiger partial charge on any atom is -0.462 e. The van der Waals surface area contributed by atoms with Crippen LogP contribution in [0.3, 0.4) is 0 Å². The molecule has 1 amide bonds. The zero-order valence-corrected chi connectivity index (χ0v) is 18.1. The first-order valence-corrected chi connectivity index (χ1v) is 10.6. The number of nitrogens with zero attached hydrogens (tertiary/aromatic N) is 1. The highest BCUT2D eigenvalue weighted by atomic mass is 32.1. The number of benzene rings is 2. The highest BCUT2D eigenvalue weighted by Crippen LogP contribution is 2.28. The SMILES string of the molecule is CCCCOC(=O)c1ccc2nc(NC(=O)c3ccc(C(C)(C)C)cc3)sc2c1. The monoisotopic (exact) mass is 410 g/mol. The number of carbonyl (C=O) groups is 2. The fourth-order valence-electron chi connectivity index (χ4n) is 2.79. The lowest BCUT2D eigenvalue weighted by atomic mass is 9.87. The third-order valence-corrected chi connectivity index (χ3v) is 5.52. The van der Waals surface area contributed by atoms with Gasteiger partial charge in [-0.25, -0.2) is 9.78 Å². The molecule has 152 valence electrons. The molecule has 2 aromatic carbocycles. The van der Waals surface area contributed by atoms with Gasteiger partial charge in [-0.3, -0.25) is 10.1 Å². The van der Waals surface area contributed by atoms with Gasteiger partial charge in [0.2, 0.25) is 0 Å². The van der Waals surface area contributed by atoms with Crippen LogP contribution in [0.5, 0.6) is 0 Å². The molecule has 1 heterocycles. The van der Waals surface area contributed by atoms with Gasteiger partial charge >= 0.3 is 5.97 Å². The number of anilines is 1. The van der Waals surface area contributed by atoms with Crippen molar-refractivity contribution in [3.05, 3.63) is 59.2 Å². The Morgan fingerprint density at radius 2 is 1.76 bits per heavy atom. The Kier molecular flexibility index (Phi) is 6.33. The van der Waals surface area contributed by atoms with Crippen molar-refractivity contribution in [2.24, 2.45) is 0 Å². The molecule has 0 radical (unpaired) electrons. The topological polar surface area (TPSA) is 68.3 Å². The van der Waals surface area contributed by atoms with Crippen molar-refractivity contribution in [1.82, 2.24) is 4.98 Å². The summed E-state index contributed by atoms with van der Waals surface area (Å²) in [5.41, 5.74) is 3.02. The zero-order valence-electron chi connectivity index (χ0n) is 17.2. The second-order valence-electron chi connectivity index (χ2n) is 7.97. The lowest BCUT2D eigenvalue weighted by molar-refractivity contribution is 0.0500. The van der Waals surface area contributed by atoms with E-state index in [0.717, 1.165) is 23.1 Å². The average Bonchev–Trinajstić information content (AvgIpc) is 3.08. The molecule has 0 saturated carbocycles. The van der Waals surface area contributed by atoms with Crippen LogP contribution in [0.15, 0.2) is 42.5 Å². The second-order valence-corrected chi connectivity index (χ2v) is 9.00.